The molecule has 0 saturated heterocycles. The first-order chi connectivity index (χ1) is 12.1. The highest BCUT2D eigenvalue weighted by atomic mass is 16.5. The van der Waals surface area contributed by atoms with Gasteiger partial charge < -0.3 is 20.7 Å². The van der Waals surface area contributed by atoms with Crippen LogP contribution in [0.3, 0.4) is 0 Å². The lowest BCUT2D eigenvalue weighted by molar-refractivity contribution is -0.122. The number of anilines is 1. The normalized spacial score (nSPS) is 15.6. The van der Waals surface area contributed by atoms with Crippen molar-refractivity contribution in [1.29, 1.82) is 0 Å². The third kappa shape index (κ3) is 3.74. The fraction of sp³-hybridized carbons (Fsp3) is 0.263. The van der Waals surface area contributed by atoms with Crippen molar-refractivity contribution >= 4 is 17.5 Å². The molecule has 1 aliphatic heterocycles. The fourth-order valence-corrected chi connectivity index (χ4v) is 2.76. The van der Waals surface area contributed by atoms with E-state index in [0.717, 1.165) is 16.8 Å². The molecular formula is C19H21N3O3. The van der Waals surface area contributed by atoms with Crippen LogP contribution in [0.4, 0.5) is 5.69 Å². The zero-order chi connectivity index (χ0) is 17.8. The third-order valence-electron chi connectivity index (χ3n) is 4.04. The number of hydrogen-bond acceptors (Lipinski definition) is 4. The van der Waals surface area contributed by atoms with Gasteiger partial charge in [0.15, 0.2) is 6.61 Å². The van der Waals surface area contributed by atoms with E-state index >= 15 is 0 Å². The molecule has 0 radical (unpaired) electrons. The Labute approximate surface area is 146 Å². The lowest BCUT2D eigenvalue weighted by atomic mass is 10.0. The highest BCUT2D eigenvalue weighted by Crippen LogP contribution is 2.29. The van der Waals surface area contributed by atoms with Gasteiger partial charge in [-0.05, 0) is 43.2 Å². The first-order valence-corrected chi connectivity index (χ1v) is 8.25. The second-order valence-corrected chi connectivity index (χ2v) is 5.86. The van der Waals surface area contributed by atoms with Crippen LogP contribution in [-0.2, 0) is 4.79 Å². The number of hydrogen-bond donors (Lipinski definition) is 3. The fourth-order valence-electron chi connectivity index (χ4n) is 2.76. The minimum Gasteiger partial charge on any atom is -0.484 e. The maximum Gasteiger partial charge on any atom is 0.257 e. The lowest BCUT2D eigenvalue weighted by Gasteiger charge is -2.29. The smallest absolute Gasteiger partial charge is 0.257 e. The van der Waals surface area contributed by atoms with Crippen LogP contribution in [0.2, 0.25) is 0 Å². The molecule has 2 aromatic carbocycles. The molecule has 6 heteroatoms. The molecule has 0 spiro atoms. The minimum absolute atomic E-state index is 0.0157. The molecule has 25 heavy (non-hydrogen) atoms. The van der Waals surface area contributed by atoms with Gasteiger partial charge >= 0.3 is 0 Å². The number of para-hydroxylation sites is 1. The Morgan fingerprint density at radius 1 is 1.16 bits per heavy atom. The molecule has 0 saturated carbocycles. The molecule has 1 aliphatic rings. The van der Waals surface area contributed by atoms with E-state index < -0.39 is 0 Å². The van der Waals surface area contributed by atoms with Gasteiger partial charge in [0.25, 0.3) is 11.8 Å². The number of benzene rings is 2. The Morgan fingerprint density at radius 2 is 1.92 bits per heavy atom. The average molecular weight is 339 g/mol. The molecule has 0 aliphatic carbocycles. The first kappa shape index (κ1) is 16.8. The molecule has 2 aromatic rings. The first-order valence-electron chi connectivity index (χ1n) is 8.25. The Morgan fingerprint density at radius 3 is 2.64 bits per heavy atom. The second kappa shape index (κ2) is 7.25. The second-order valence-electron chi connectivity index (χ2n) is 5.86. The van der Waals surface area contributed by atoms with Crippen molar-refractivity contribution in [2.75, 3.05) is 18.5 Å². The van der Waals surface area contributed by atoms with Crippen LogP contribution in [0.5, 0.6) is 5.75 Å². The van der Waals surface area contributed by atoms with Gasteiger partial charge in [0, 0.05) is 6.54 Å². The van der Waals surface area contributed by atoms with E-state index in [-0.39, 0.29) is 24.6 Å². The number of carbonyl (C=O) groups is 2. The van der Waals surface area contributed by atoms with E-state index in [0.29, 0.717) is 17.9 Å². The molecule has 1 atom stereocenters. The van der Waals surface area contributed by atoms with Crippen LogP contribution < -0.4 is 20.7 Å². The van der Waals surface area contributed by atoms with Crippen molar-refractivity contribution < 1.29 is 14.3 Å². The molecular weight excluding hydrogens is 318 g/mol. The largest absolute Gasteiger partial charge is 0.484 e. The summed E-state index contributed by atoms with van der Waals surface area (Å²) < 4.78 is 5.44. The van der Waals surface area contributed by atoms with Crippen LogP contribution in [0.1, 0.15) is 34.6 Å². The Balaban J connectivity index is 1.70. The minimum atomic E-state index is -0.307. The molecule has 0 aromatic heterocycles. The highest BCUT2D eigenvalue weighted by Gasteiger charge is 2.25. The summed E-state index contributed by atoms with van der Waals surface area (Å²) in [5, 5.41) is 8.99. The lowest BCUT2D eigenvalue weighted by Crippen LogP contribution is -2.38. The summed E-state index contributed by atoms with van der Waals surface area (Å²) in [7, 11) is 0. The van der Waals surface area contributed by atoms with Crippen LogP contribution in [0.15, 0.2) is 42.5 Å². The summed E-state index contributed by atoms with van der Waals surface area (Å²) in [6.45, 7) is 4.39. The van der Waals surface area contributed by atoms with E-state index in [1.807, 2.05) is 38.1 Å². The van der Waals surface area contributed by atoms with Gasteiger partial charge in [0.05, 0.1) is 11.3 Å². The van der Waals surface area contributed by atoms with E-state index in [1.54, 1.807) is 18.2 Å². The summed E-state index contributed by atoms with van der Waals surface area (Å²) in [4.78, 5) is 23.7. The van der Waals surface area contributed by atoms with Gasteiger partial charge in [-0.15, -0.1) is 0 Å². The summed E-state index contributed by atoms with van der Waals surface area (Å²) in [6, 6.07) is 13.0. The summed E-state index contributed by atoms with van der Waals surface area (Å²) in [5.41, 5.74) is 3.44. The molecule has 0 bridgehead atoms. The van der Waals surface area contributed by atoms with Crippen LogP contribution in [0.25, 0.3) is 0 Å². The van der Waals surface area contributed by atoms with Gasteiger partial charge in [-0.3, -0.25) is 9.59 Å². The van der Waals surface area contributed by atoms with Crippen molar-refractivity contribution in [3.8, 4) is 5.75 Å². The van der Waals surface area contributed by atoms with Crippen LogP contribution in [0, 0.1) is 6.92 Å². The molecule has 6 nitrogen and oxygen atoms in total. The molecule has 2 amide bonds. The number of carbonyl (C=O) groups excluding carboxylic acids is 2. The number of amides is 2. The van der Waals surface area contributed by atoms with Gasteiger partial charge in [-0.1, -0.05) is 24.3 Å². The van der Waals surface area contributed by atoms with E-state index in [4.69, 9.17) is 4.74 Å². The number of ether oxygens (including phenoxy) is 1. The molecule has 1 heterocycles. The van der Waals surface area contributed by atoms with Crippen molar-refractivity contribution in [3.05, 3.63) is 59.2 Å². The van der Waals surface area contributed by atoms with Gasteiger partial charge in [-0.25, -0.2) is 0 Å². The van der Waals surface area contributed by atoms with Crippen molar-refractivity contribution in [2.24, 2.45) is 0 Å². The van der Waals surface area contributed by atoms with Crippen molar-refractivity contribution in [2.45, 2.75) is 20.0 Å². The number of nitrogens with one attached hydrogen (secondary N) is 3. The van der Waals surface area contributed by atoms with E-state index in [1.165, 1.54) is 0 Å². The summed E-state index contributed by atoms with van der Waals surface area (Å²) in [5.74, 6) is 0.354. The summed E-state index contributed by atoms with van der Waals surface area (Å²) >= 11 is 0. The molecule has 130 valence electrons. The number of likely N-dealkylation sites (N-methyl/N-ethyl adjacent to an activating group) is 1. The van der Waals surface area contributed by atoms with E-state index in [2.05, 4.69) is 16.0 Å². The Kier molecular flexibility index (Phi) is 4.88. The van der Waals surface area contributed by atoms with Gasteiger partial charge in [0.1, 0.15) is 11.9 Å². The van der Waals surface area contributed by atoms with Gasteiger partial charge in [0.2, 0.25) is 0 Å². The van der Waals surface area contributed by atoms with Crippen molar-refractivity contribution in [1.82, 2.24) is 10.6 Å². The van der Waals surface area contributed by atoms with Crippen LogP contribution in [-0.4, -0.2) is 25.0 Å². The number of fused-ring (bicyclic) bond motifs is 1. The topological polar surface area (TPSA) is 79.5 Å². The third-order valence-corrected chi connectivity index (χ3v) is 4.04. The quantitative estimate of drug-likeness (QED) is 0.781. The monoisotopic (exact) mass is 339 g/mol. The van der Waals surface area contributed by atoms with Crippen LogP contribution >= 0.6 is 0 Å². The molecule has 3 rings (SSSR count). The average Bonchev–Trinajstić information content (AvgIpc) is 2.61. The SMILES string of the molecule is CCNC(=O)COc1ccc([C@H]2NC(=O)c3cccc(C)c3N2)cc1. The summed E-state index contributed by atoms with van der Waals surface area (Å²) in [6.07, 6.45) is -0.307. The molecule has 3 N–H and O–H groups in total. The van der Waals surface area contributed by atoms with E-state index in [9.17, 15) is 9.59 Å². The number of rotatable bonds is 5. The van der Waals surface area contributed by atoms with Gasteiger partial charge in [-0.2, -0.15) is 0 Å². The maximum absolute atomic E-state index is 12.3. The highest BCUT2D eigenvalue weighted by molar-refractivity contribution is 6.02. The molecule has 0 unspecified atom stereocenters. The predicted molar refractivity (Wildman–Crippen MR) is 95.6 cm³/mol. The standard InChI is InChI=1S/C19H21N3O3/c1-3-20-16(23)11-25-14-9-7-13(8-10-14)18-21-17-12(2)5-4-6-15(17)19(24)22-18/h4-10,18,21H,3,11H2,1-2H3,(H,20,23)(H,22,24)/t18-/m1/s1. The zero-order valence-electron chi connectivity index (χ0n) is 14.3. The molecule has 0 fully saturated rings. The van der Waals surface area contributed by atoms with Crippen molar-refractivity contribution in [3.63, 3.8) is 0 Å². The Bertz CT molecular complexity index is 787. The predicted octanol–water partition coefficient (Wildman–Crippen LogP) is 2.36. The number of aryl methyl sites for hydroxylation is 1. The zero-order valence-corrected chi connectivity index (χ0v) is 14.3. The maximum atomic E-state index is 12.3. The Hall–Kier alpha value is -3.02.